The van der Waals surface area contributed by atoms with Gasteiger partial charge in [0, 0.05) is 19.0 Å². The second-order valence-corrected chi connectivity index (χ2v) is 5.84. The van der Waals surface area contributed by atoms with Crippen molar-refractivity contribution in [2.24, 2.45) is 0 Å². The molecule has 2 rings (SSSR count). The van der Waals surface area contributed by atoms with Gasteiger partial charge in [-0.3, -0.25) is 9.59 Å². The molecule has 0 radical (unpaired) electrons. The van der Waals surface area contributed by atoms with Gasteiger partial charge in [0.1, 0.15) is 6.04 Å². The Morgan fingerprint density at radius 1 is 1.11 bits per heavy atom. The van der Waals surface area contributed by atoms with Crippen molar-refractivity contribution < 1.29 is 9.59 Å². The van der Waals surface area contributed by atoms with Crippen molar-refractivity contribution in [2.75, 3.05) is 25.5 Å². The van der Waals surface area contributed by atoms with Gasteiger partial charge in [-0.1, -0.05) is 12.8 Å². The van der Waals surface area contributed by atoms with E-state index in [1.54, 1.807) is 9.80 Å². The topological polar surface area (TPSA) is 40.6 Å². The van der Waals surface area contributed by atoms with Crippen LogP contribution in [-0.2, 0) is 9.59 Å². The Hall–Kier alpha value is -0.770. The highest BCUT2D eigenvalue weighted by Gasteiger charge is 2.39. The fourth-order valence-electron chi connectivity index (χ4n) is 2.97. The van der Waals surface area contributed by atoms with E-state index < -0.39 is 0 Å². The number of fused-ring (bicyclic) bond motifs is 1. The third kappa shape index (κ3) is 3.62. The molecule has 1 unspecified atom stereocenters. The fraction of sp³-hybridized carbons (Fsp3) is 0.857. The number of unbranched alkanes of at least 4 members (excludes halogenated alkanes) is 3. The molecule has 5 heteroatoms. The van der Waals surface area contributed by atoms with Crippen molar-refractivity contribution in [2.45, 2.75) is 51.0 Å². The van der Waals surface area contributed by atoms with Crippen molar-refractivity contribution in [3.8, 4) is 0 Å². The van der Waals surface area contributed by atoms with Gasteiger partial charge in [0.2, 0.25) is 11.8 Å². The molecule has 2 saturated heterocycles. The van der Waals surface area contributed by atoms with E-state index in [0.717, 1.165) is 58.0 Å². The first-order chi connectivity index (χ1) is 9.24. The number of amides is 2. The first kappa shape index (κ1) is 14.6. The van der Waals surface area contributed by atoms with E-state index in [0.29, 0.717) is 5.88 Å². The molecule has 0 bridgehead atoms. The van der Waals surface area contributed by atoms with E-state index in [1.165, 1.54) is 0 Å². The Morgan fingerprint density at radius 2 is 1.89 bits per heavy atom. The normalized spacial score (nSPS) is 23.7. The van der Waals surface area contributed by atoms with Crippen molar-refractivity contribution in [3.05, 3.63) is 0 Å². The number of piperazine rings is 1. The van der Waals surface area contributed by atoms with Gasteiger partial charge in [0.15, 0.2) is 0 Å². The first-order valence-electron chi connectivity index (χ1n) is 7.38. The van der Waals surface area contributed by atoms with Gasteiger partial charge >= 0.3 is 0 Å². The number of hydrogen-bond donors (Lipinski definition) is 0. The predicted octanol–water partition coefficient (Wildman–Crippen LogP) is 2.01. The van der Waals surface area contributed by atoms with Crippen LogP contribution >= 0.6 is 11.6 Å². The molecule has 2 heterocycles. The number of carbonyl (C=O) groups excluding carboxylic acids is 2. The molecule has 2 aliphatic heterocycles. The predicted molar refractivity (Wildman–Crippen MR) is 75.1 cm³/mol. The number of piperidine rings is 1. The maximum absolute atomic E-state index is 12.3. The van der Waals surface area contributed by atoms with Crippen LogP contribution in [0.4, 0.5) is 0 Å². The summed E-state index contributed by atoms with van der Waals surface area (Å²) in [4.78, 5) is 27.9. The monoisotopic (exact) mass is 286 g/mol. The molecule has 2 amide bonds. The molecule has 0 spiro atoms. The van der Waals surface area contributed by atoms with Crippen LogP contribution in [-0.4, -0.2) is 53.2 Å². The summed E-state index contributed by atoms with van der Waals surface area (Å²) in [6.07, 6.45) is 7.13. The highest BCUT2D eigenvalue weighted by Crippen LogP contribution is 2.23. The highest BCUT2D eigenvalue weighted by atomic mass is 35.5. The molecule has 2 aliphatic rings. The molecule has 0 N–H and O–H groups in total. The second-order valence-electron chi connectivity index (χ2n) is 5.46. The van der Waals surface area contributed by atoms with Crippen LogP contribution in [0.2, 0.25) is 0 Å². The number of hydrogen-bond acceptors (Lipinski definition) is 2. The fourth-order valence-corrected chi connectivity index (χ4v) is 3.16. The molecule has 0 aromatic heterocycles. The molecule has 108 valence electrons. The average molecular weight is 287 g/mol. The average Bonchev–Trinajstić information content (AvgIpc) is 2.44. The third-order valence-corrected chi connectivity index (χ3v) is 4.32. The van der Waals surface area contributed by atoms with Crippen LogP contribution in [0.25, 0.3) is 0 Å². The summed E-state index contributed by atoms with van der Waals surface area (Å²) in [6, 6.07) is -0.169. The number of halogens is 1. The molecule has 0 aromatic rings. The van der Waals surface area contributed by atoms with Gasteiger partial charge < -0.3 is 9.80 Å². The minimum absolute atomic E-state index is 0.130. The smallest absolute Gasteiger partial charge is 0.245 e. The lowest BCUT2D eigenvalue weighted by atomic mass is 9.98. The van der Waals surface area contributed by atoms with E-state index in [2.05, 4.69) is 0 Å². The minimum atomic E-state index is -0.169. The molecule has 19 heavy (non-hydrogen) atoms. The van der Waals surface area contributed by atoms with Gasteiger partial charge in [0.05, 0.1) is 6.54 Å². The summed E-state index contributed by atoms with van der Waals surface area (Å²) in [6.45, 7) is 1.76. The Kier molecular flexibility index (Phi) is 5.49. The second kappa shape index (κ2) is 7.13. The first-order valence-corrected chi connectivity index (χ1v) is 7.91. The van der Waals surface area contributed by atoms with E-state index in [1.807, 2.05) is 0 Å². The number of nitrogens with zero attached hydrogens (tertiary/aromatic N) is 2. The summed E-state index contributed by atoms with van der Waals surface area (Å²) in [5.41, 5.74) is 0. The van der Waals surface area contributed by atoms with E-state index in [9.17, 15) is 9.59 Å². The van der Waals surface area contributed by atoms with Gasteiger partial charge in [-0.2, -0.15) is 0 Å². The molecule has 1 atom stereocenters. The lowest BCUT2D eigenvalue weighted by Gasteiger charge is -2.42. The van der Waals surface area contributed by atoms with E-state index in [4.69, 9.17) is 11.6 Å². The van der Waals surface area contributed by atoms with Crippen LogP contribution in [0.1, 0.15) is 44.9 Å². The van der Waals surface area contributed by atoms with Gasteiger partial charge in [-0.15, -0.1) is 11.6 Å². The lowest BCUT2D eigenvalue weighted by molar-refractivity contribution is -0.157. The molecular weight excluding hydrogens is 264 g/mol. The zero-order valence-corrected chi connectivity index (χ0v) is 12.2. The van der Waals surface area contributed by atoms with Crippen LogP contribution in [0.3, 0.4) is 0 Å². The van der Waals surface area contributed by atoms with Crippen LogP contribution in [0, 0.1) is 0 Å². The summed E-state index contributed by atoms with van der Waals surface area (Å²) >= 11 is 5.63. The van der Waals surface area contributed by atoms with Gasteiger partial charge in [-0.25, -0.2) is 0 Å². The Labute approximate surface area is 120 Å². The number of rotatable bonds is 6. The molecule has 0 aliphatic carbocycles. The Morgan fingerprint density at radius 3 is 2.68 bits per heavy atom. The Bertz CT molecular complexity index is 335. The maximum Gasteiger partial charge on any atom is 0.245 e. The van der Waals surface area contributed by atoms with Crippen molar-refractivity contribution in [1.29, 1.82) is 0 Å². The van der Waals surface area contributed by atoms with Gasteiger partial charge in [-0.05, 0) is 32.1 Å². The Balaban J connectivity index is 1.81. The summed E-state index contributed by atoms with van der Waals surface area (Å²) in [7, 11) is 0. The van der Waals surface area contributed by atoms with Gasteiger partial charge in [0.25, 0.3) is 0 Å². The molecule has 4 nitrogen and oxygen atoms in total. The van der Waals surface area contributed by atoms with Crippen molar-refractivity contribution in [3.63, 3.8) is 0 Å². The standard InChI is InChI=1S/C14H23ClN2O2/c15-8-4-1-2-5-9-16-11-13(18)17-10-6-3-7-12(17)14(16)19/h12H,1-11H2. The zero-order chi connectivity index (χ0) is 13.7. The van der Waals surface area contributed by atoms with Crippen LogP contribution < -0.4 is 0 Å². The number of alkyl halides is 1. The molecular formula is C14H23ClN2O2. The quantitative estimate of drug-likeness (QED) is 0.554. The SMILES string of the molecule is O=C1C2CCCCN2C(=O)CN1CCCCCCCl. The largest absolute Gasteiger partial charge is 0.332 e. The molecule has 0 aromatic carbocycles. The zero-order valence-electron chi connectivity index (χ0n) is 11.4. The minimum Gasteiger partial charge on any atom is -0.332 e. The van der Waals surface area contributed by atoms with E-state index in [-0.39, 0.29) is 24.4 Å². The van der Waals surface area contributed by atoms with E-state index >= 15 is 0 Å². The summed E-state index contributed by atoms with van der Waals surface area (Å²) in [5, 5.41) is 0. The van der Waals surface area contributed by atoms with Crippen LogP contribution in [0.5, 0.6) is 0 Å². The van der Waals surface area contributed by atoms with Crippen molar-refractivity contribution >= 4 is 23.4 Å². The molecule has 2 fully saturated rings. The van der Waals surface area contributed by atoms with Crippen molar-refractivity contribution in [1.82, 2.24) is 9.80 Å². The molecule has 0 saturated carbocycles. The number of carbonyl (C=O) groups is 2. The summed E-state index contributed by atoms with van der Waals surface area (Å²) in [5.74, 6) is 1.000. The highest BCUT2D eigenvalue weighted by molar-refractivity contribution is 6.17. The third-order valence-electron chi connectivity index (χ3n) is 4.06. The van der Waals surface area contributed by atoms with Crippen LogP contribution in [0.15, 0.2) is 0 Å². The lowest BCUT2D eigenvalue weighted by Crippen LogP contribution is -2.61. The summed E-state index contributed by atoms with van der Waals surface area (Å²) < 4.78 is 0. The maximum atomic E-state index is 12.3.